The third-order valence-corrected chi connectivity index (χ3v) is 1.48. The van der Waals surface area contributed by atoms with Gasteiger partial charge in [0.2, 0.25) is 5.91 Å². The van der Waals surface area contributed by atoms with E-state index in [0.29, 0.717) is 0 Å². The molecule has 0 atom stereocenters. The average molecular weight is 158 g/mol. The summed E-state index contributed by atoms with van der Waals surface area (Å²) in [6, 6.07) is 0. The van der Waals surface area contributed by atoms with Crippen molar-refractivity contribution in [3.05, 3.63) is 0 Å². The molecule has 2 amide bonds. The summed E-state index contributed by atoms with van der Waals surface area (Å²) in [6.07, 6.45) is 0. The first-order chi connectivity index (χ1) is 4.61. The zero-order valence-electron chi connectivity index (χ0n) is 5.37. The second-order valence-corrected chi connectivity index (χ2v) is 2.31. The molecule has 0 aromatic heterocycles. The van der Waals surface area contributed by atoms with Gasteiger partial charge in [0.1, 0.15) is 6.54 Å². The highest BCUT2D eigenvalue weighted by Crippen LogP contribution is 2.05. The number of amidine groups is 1. The Balaban J connectivity index is 2.78. The largest absolute Gasteiger partial charge is 0.282 e. The SMILES string of the molecule is CC(=O)N1CC(=O)N=C1S. The minimum Gasteiger partial charge on any atom is -0.282 e. The lowest BCUT2D eigenvalue weighted by atomic mass is 10.5. The molecule has 0 unspecified atom stereocenters. The van der Waals surface area contributed by atoms with Crippen molar-refractivity contribution in [1.82, 2.24) is 4.90 Å². The third-order valence-electron chi connectivity index (χ3n) is 1.14. The lowest BCUT2D eigenvalue weighted by Crippen LogP contribution is -2.30. The minimum absolute atomic E-state index is 0.0359. The van der Waals surface area contributed by atoms with Crippen molar-refractivity contribution in [3.63, 3.8) is 0 Å². The molecule has 1 heterocycles. The van der Waals surface area contributed by atoms with Gasteiger partial charge in [0.25, 0.3) is 5.91 Å². The summed E-state index contributed by atoms with van der Waals surface area (Å²) in [5.41, 5.74) is 0. The van der Waals surface area contributed by atoms with Gasteiger partial charge in [-0.1, -0.05) is 0 Å². The Morgan fingerprint density at radius 3 is 2.60 bits per heavy atom. The second kappa shape index (κ2) is 2.42. The van der Waals surface area contributed by atoms with Gasteiger partial charge in [-0.25, -0.2) is 0 Å². The molecule has 0 radical (unpaired) electrons. The normalized spacial score (nSPS) is 17.6. The first-order valence-corrected chi connectivity index (χ1v) is 3.14. The summed E-state index contributed by atoms with van der Waals surface area (Å²) in [5.74, 6) is -0.528. The van der Waals surface area contributed by atoms with Gasteiger partial charge < -0.3 is 0 Å². The molecule has 0 aliphatic carbocycles. The monoisotopic (exact) mass is 158 g/mol. The van der Waals surface area contributed by atoms with E-state index in [2.05, 4.69) is 17.6 Å². The summed E-state index contributed by atoms with van der Waals surface area (Å²) in [5, 5.41) is 0.192. The van der Waals surface area contributed by atoms with Crippen LogP contribution in [-0.4, -0.2) is 28.4 Å². The van der Waals surface area contributed by atoms with Crippen LogP contribution in [0.4, 0.5) is 0 Å². The zero-order valence-corrected chi connectivity index (χ0v) is 6.26. The fraction of sp³-hybridized carbons (Fsp3) is 0.400. The van der Waals surface area contributed by atoms with Crippen molar-refractivity contribution >= 4 is 29.6 Å². The predicted octanol–water partition coefficient (Wildman–Crippen LogP) is -0.339. The van der Waals surface area contributed by atoms with Crippen molar-refractivity contribution in [2.24, 2.45) is 4.99 Å². The van der Waals surface area contributed by atoms with E-state index >= 15 is 0 Å². The van der Waals surface area contributed by atoms with E-state index in [1.165, 1.54) is 11.8 Å². The van der Waals surface area contributed by atoms with Crippen LogP contribution in [-0.2, 0) is 9.59 Å². The Morgan fingerprint density at radius 1 is 1.80 bits per heavy atom. The molecule has 0 saturated carbocycles. The molecule has 1 rings (SSSR count). The Bertz CT molecular complexity index is 224. The number of thiol groups is 1. The number of aliphatic imine (C=N–C) groups is 1. The number of rotatable bonds is 0. The van der Waals surface area contributed by atoms with E-state index < -0.39 is 0 Å². The van der Waals surface area contributed by atoms with Gasteiger partial charge in [-0.2, -0.15) is 4.99 Å². The average Bonchev–Trinajstić information content (AvgIpc) is 2.10. The molecular formula is C5H6N2O2S. The van der Waals surface area contributed by atoms with E-state index in [-0.39, 0.29) is 23.5 Å². The van der Waals surface area contributed by atoms with E-state index in [1.807, 2.05) is 0 Å². The van der Waals surface area contributed by atoms with E-state index in [4.69, 9.17) is 0 Å². The van der Waals surface area contributed by atoms with Crippen LogP contribution in [0.1, 0.15) is 6.92 Å². The highest BCUT2D eigenvalue weighted by Gasteiger charge is 2.23. The molecule has 1 aliphatic heterocycles. The van der Waals surface area contributed by atoms with Gasteiger partial charge in [0, 0.05) is 6.92 Å². The lowest BCUT2D eigenvalue weighted by Gasteiger charge is -2.09. The molecule has 0 N–H and O–H groups in total. The van der Waals surface area contributed by atoms with Gasteiger partial charge in [-0.15, -0.1) is 12.6 Å². The standard InChI is InChI=1S/C5H6N2O2S/c1-3(8)7-2-4(9)6-5(7)10/h2H2,1H3,(H,6,9,10). The Kier molecular flexibility index (Phi) is 1.76. The molecular weight excluding hydrogens is 152 g/mol. The van der Waals surface area contributed by atoms with Crippen molar-refractivity contribution in [2.75, 3.05) is 6.54 Å². The topological polar surface area (TPSA) is 49.7 Å². The number of hydrogen-bond donors (Lipinski definition) is 1. The molecule has 0 fully saturated rings. The smallest absolute Gasteiger partial charge is 0.268 e. The molecule has 1 aliphatic rings. The molecule has 0 spiro atoms. The maximum absolute atomic E-state index is 10.6. The van der Waals surface area contributed by atoms with Crippen LogP contribution in [0, 0.1) is 0 Å². The molecule has 0 aromatic rings. The molecule has 0 bridgehead atoms. The van der Waals surface area contributed by atoms with Gasteiger partial charge in [-0.3, -0.25) is 14.5 Å². The minimum atomic E-state index is -0.319. The fourth-order valence-corrected chi connectivity index (χ4v) is 0.988. The van der Waals surface area contributed by atoms with E-state index in [9.17, 15) is 9.59 Å². The van der Waals surface area contributed by atoms with Crippen LogP contribution >= 0.6 is 12.6 Å². The van der Waals surface area contributed by atoms with Crippen LogP contribution in [0.15, 0.2) is 4.99 Å². The van der Waals surface area contributed by atoms with E-state index in [1.54, 1.807) is 0 Å². The van der Waals surface area contributed by atoms with Crippen LogP contribution in [0.2, 0.25) is 0 Å². The van der Waals surface area contributed by atoms with Crippen molar-refractivity contribution in [1.29, 1.82) is 0 Å². The van der Waals surface area contributed by atoms with Gasteiger partial charge in [0.05, 0.1) is 0 Å². The van der Waals surface area contributed by atoms with Crippen molar-refractivity contribution in [2.45, 2.75) is 6.92 Å². The summed E-state index contributed by atoms with van der Waals surface area (Å²) < 4.78 is 0. The first-order valence-electron chi connectivity index (χ1n) is 2.70. The maximum Gasteiger partial charge on any atom is 0.268 e. The van der Waals surface area contributed by atoms with Crippen molar-refractivity contribution < 1.29 is 9.59 Å². The number of nitrogens with zero attached hydrogens (tertiary/aromatic N) is 2. The second-order valence-electron chi connectivity index (χ2n) is 1.91. The zero-order chi connectivity index (χ0) is 7.72. The molecule has 54 valence electrons. The van der Waals surface area contributed by atoms with Gasteiger partial charge >= 0.3 is 0 Å². The Labute approximate surface area is 63.3 Å². The Morgan fingerprint density at radius 2 is 2.40 bits per heavy atom. The lowest BCUT2D eigenvalue weighted by molar-refractivity contribution is -0.127. The Hall–Kier alpha value is -0.840. The molecule has 0 aromatic carbocycles. The summed E-state index contributed by atoms with van der Waals surface area (Å²) in [7, 11) is 0. The predicted molar refractivity (Wildman–Crippen MR) is 38.8 cm³/mol. The quantitative estimate of drug-likeness (QED) is 0.490. The number of carbonyl (C=O) groups is 2. The molecule has 10 heavy (non-hydrogen) atoms. The van der Waals surface area contributed by atoms with Crippen LogP contribution < -0.4 is 0 Å². The number of amides is 2. The molecule has 4 nitrogen and oxygen atoms in total. The van der Waals surface area contributed by atoms with Crippen LogP contribution in [0.3, 0.4) is 0 Å². The van der Waals surface area contributed by atoms with Gasteiger partial charge in [0.15, 0.2) is 5.17 Å². The number of carbonyl (C=O) groups excluding carboxylic acids is 2. The first kappa shape index (κ1) is 7.27. The van der Waals surface area contributed by atoms with Crippen molar-refractivity contribution in [3.8, 4) is 0 Å². The molecule has 5 heteroatoms. The van der Waals surface area contributed by atoms with Crippen LogP contribution in [0.5, 0.6) is 0 Å². The summed E-state index contributed by atoms with van der Waals surface area (Å²) in [6.45, 7) is 1.40. The summed E-state index contributed by atoms with van der Waals surface area (Å²) >= 11 is 3.82. The highest BCUT2D eigenvalue weighted by atomic mass is 32.1. The third kappa shape index (κ3) is 1.18. The number of hydrogen-bond acceptors (Lipinski definition) is 2. The highest BCUT2D eigenvalue weighted by molar-refractivity contribution is 7.96. The maximum atomic E-state index is 10.6. The van der Waals surface area contributed by atoms with Gasteiger partial charge in [-0.05, 0) is 0 Å². The fourth-order valence-electron chi connectivity index (χ4n) is 0.665. The van der Waals surface area contributed by atoms with E-state index in [0.717, 1.165) is 0 Å². The van der Waals surface area contributed by atoms with Crippen LogP contribution in [0.25, 0.3) is 0 Å². The summed E-state index contributed by atoms with van der Waals surface area (Å²) in [4.78, 5) is 25.8. The molecule has 0 saturated heterocycles.